The number of likely N-dealkylation sites (N-methyl/N-ethyl adjacent to an activating group) is 1. The summed E-state index contributed by atoms with van der Waals surface area (Å²) in [6.45, 7) is 7.57. The molecular formula is C22H22N6O2S. The van der Waals surface area contributed by atoms with Crippen LogP contribution in [0.4, 0.5) is 10.5 Å². The minimum Gasteiger partial charge on any atom is -0.369 e. The molecule has 2 amide bonds. The number of nitrogens with one attached hydrogen (secondary N) is 1. The first-order valence-electron chi connectivity index (χ1n) is 10.3. The van der Waals surface area contributed by atoms with Gasteiger partial charge in [-0.3, -0.25) is 14.9 Å². The minimum atomic E-state index is -0.391. The van der Waals surface area contributed by atoms with Gasteiger partial charge in [-0.15, -0.1) is 0 Å². The van der Waals surface area contributed by atoms with Crippen LogP contribution in [-0.4, -0.2) is 63.4 Å². The molecule has 2 aliphatic heterocycles. The van der Waals surface area contributed by atoms with E-state index in [-0.39, 0.29) is 5.24 Å². The van der Waals surface area contributed by atoms with E-state index in [2.05, 4.69) is 56.4 Å². The summed E-state index contributed by atoms with van der Waals surface area (Å²) >= 11 is 0.882. The quantitative estimate of drug-likeness (QED) is 0.632. The molecule has 158 valence electrons. The van der Waals surface area contributed by atoms with Crippen LogP contribution in [-0.2, 0) is 4.79 Å². The largest absolute Gasteiger partial charge is 0.369 e. The Bertz CT molecular complexity index is 1180. The normalized spacial score (nSPS) is 18.9. The smallest absolute Gasteiger partial charge is 0.290 e. The van der Waals surface area contributed by atoms with Gasteiger partial charge in [0.15, 0.2) is 5.65 Å². The molecule has 2 saturated heterocycles. The van der Waals surface area contributed by atoms with Crippen LogP contribution in [0.1, 0.15) is 12.6 Å². The molecule has 0 atom stereocenters. The van der Waals surface area contributed by atoms with Crippen LogP contribution < -0.4 is 10.2 Å². The van der Waals surface area contributed by atoms with Gasteiger partial charge in [0.05, 0.1) is 22.5 Å². The van der Waals surface area contributed by atoms with Crippen molar-refractivity contribution in [3.05, 3.63) is 53.2 Å². The zero-order valence-electron chi connectivity index (χ0n) is 17.1. The number of hydrogen-bond donors (Lipinski definition) is 1. The summed E-state index contributed by atoms with van der Waals surface area (Å²) in [6, 6.07) is 12.1. The van der Waals surface area contributed by atoms with E-state index in [1.165, 1.54) is 5.69 Å². The lowest BCUT2D eigenvalue weighted by Crippen LogP contribution is -2.46. The molecule has 0 aliphatic carbocycles. The number of benzene rings is 1. The highest BCUT2D eigenvalue weighted by atomic mass is 32.2. The predicted octanol–water partition coefficient (Wildman–Crippen LogP) is 2.86. The van der Waals surface area contributed by atoms with Crippen LogP contribution in [0.2, 0.25) is 0 Å². The van der Waals surface area contributed by atoms with E-state index < -0.39 is 5.91 Å². The fourth-order valence-corrected chi connectivity index (χ4v) is 4.55. The summed E-state index contributed by atoms with van der Waals surface area (Å²) in [5.41, 5.74) is 4.42. The number of carbonyl (C=O) groups excluding carboxylic acids is 2. The lowest BCUT2D eigenvalue weighted by molar-refractivity contribution is -0.115. The number of thioether (sulfide) groups is 1. The van der Waals surface area contributed by atoms with Gasteiger partial charge in [-0.25, -0.2) is 9.50 Å². The van der Waals surface area contributed by atoms with Gasteiger partial charge >= 0.3 is 0 Å². The SMILES string of the molecule is CCN1CCN(c2ccc(-c3cnc4ccc(/C=C5\SC(=O)NC5=O)nn34)cc2)CC1. The summed E-state index contributed by atoms with van der Waals surface area (Å²) in [6.07, 6.45) is 3.42. The van der Waals surface area contributed by atoms with Crippen LogP contribution in [0, 0.1) is 0 Å². The van der Waals surface area contributed by atoms with Crippen LogP contribution in [0.25, 0.3) is 23.0 Å². The summed E-state index contributed by atoms with van der Waals surface area (Å²) < 4.78 is 1.76. The van der Waals surface area contributed by atoms with E-state index in [1.54, 1.807) is 22.9 Å². The first-order valence-corrected chi connectivity index (χ1v) is 11.1. The fourth-order valence-electron chi connectivity index (χ4n) is 3.88. The third-order valence-corrected chi connectivity index (χ3v) is 6.46. The highest BCUT2D eigenvalue weighted by Gasteiger charge is 2.25. The molecule has 9 heteroatoms. The number of amides is 2. The maximum atomic E-state index is 11.8. The number of fused-ring (bicyclic) bond motifs is 1. The van der Waals surface area contributed by atoms with Crippen molar-refractivity contribution >= 4 is 40.3 Å². The van der Waals surface area contributed by atoms with Crippen molar-refractivity contribution in [2.24, 2.45) is 0 Å². The second-order valence-electron chi connectivity index (χ2n) is 7.49. The lowest BCUT2D eigenvalue weighted by Gasteiger charge is -2.35. The molecule has 2 fully saturated rings. The van der Waals surface area contributed by atoms with Gasteiger partial charge in [0.1, 0.15) is 0 Å². The second kappa shape index (κ2) is 8.16. The molecule has 31 heavy (non-hydrogen) atoms. The van der Waals surface area contributed by atoms with Crippen LogP contribution in [0.3, 0.4) is 0 Å². The number of imide groups is 1. The van der Waals surface area contributed by atoms with E-state index in [9.17, 15) is 9.59 Å². The molecule has 2 aromatic heterocycles. The van der Waals surface area contributed by atoms with Gasteiger partial charge < -0.3 is 9.80 Å². The molecule has 0 bridgehead atoms. The molecule has 4 heterocycles. The predicted molar refractivity (Wildman–Crippen MR) is 122 cm³/mol. The number of carbonyl (C=O) groups is 2. The molecule has 3 aromatic rings. The van der Waals surface area contributed by atoms with Gasteiger partial charge in [-0.1, -0.05) is 19.1 Å². The van der Waals surface area contributed by atoms with E-state index in [1.807, 2.05) is 6.07 Å². The zero-order valence-corrected chi connectivity index (χ0v) is 17.9. The number of rotatable bonds is 4. The first kappa shape index (κ1) is 19.8. The highest BCUT2D eigenvalue weighted by molar-refractivity contribution is 8.18. The standard InChI is InChI=1S/C22H22N6O2S/c1-2-26-9-11-27(12-10-26)17-6-3-15(4-7-17)18-14-23-20-8-5-16(25-28(18)20)13-19-21(29)24-22(30)31-19/h3-8,13-14H,2,9-12H2,1H3,(H,24,29,30)/b19-13-. The van der Waals surface area contributed by atoms with Crippen LogP contribution in [0.15, 0.2) is 47.5 Å². The molecule has 8 nitrogen and oxygen atoms in total. The van der Waals surface area contributed by atoms with Gasteiger partial charge in [0, 0.05) is 37.4 Å². The fraction of sp³-hybridized carbons (Fsp3) is 0.273. The lowest BCUT2D eigenvalue weighted by atomic mass is 10.1. The van der Waals surface area contributed by atoms with Gasteiger partial charge in [-0.2, -0.15) is 5.10 Å². The maximum Gasteiger partial charge on any atom is 0.290 e. The topological polar surface area (TPSA) is 82.8 Å². The van der Waals surface area contributed by atoms with E-state index >= 15 is 0 Å². The van der Waals surface area contributed by atoms with Crippen molar-refractivity contribution < 1.29 is 9.59 Å². The van der Waals surface area contributed by atoms with E-state index in [4.69, 9.17) is 0 Å². The van der Waals surface area contributed by atoms with Crippen molar-refractivity contribution in [3.8, 4) is 11.3 Å². The molecule has 0 radical (unpaired) electrons. The minimum absolute atomic E-state index is 0.339. The Morgan fingerprint density at radius 3 is 2.52 bits per heavy atom. The van der Waals surface area contributed by atoms with E-state index in [0.29, 0.717) is 10.6 Å². The van der Waals surface area contributed by atoms with Gasteiger partial charge in [0.2, 0.25) is 0 Å². The molecule has 5 rings (SSSR count). The summed E-state index contributed by atoms with van der Waals surface area (Å²) in [5, 5.41) is 6.52. The van der Waals surface area contributed by atoms with Crippen LogP contribution in [0.5, 0.6) is 0 Å². The molecule has 1 aromatic carbocycles. The van der Waals surface area contributed by atoms with Crippen molar-refractivity contribution in [3.63, 3.8) is 0 Å². The Kier molecular flexibility index (Phi) is 5.21. The summed E-state index contributed by atoms with van der Waals surface area (Å²) in [4.78, 5) is 32.9. The number of nitrogens with zero attached hydrogens (tertiary/aromatic N) is 5. The molecule has 1 N–H and O–H groups in total. The molecule has 0 spiro atoms. The Morgan fingerprint density at radius 2 is 1.84 bits per heavy atom. The Labute approximate surface area is 183 Å². The maximum absolute atomic E-state index is 11.8. The zero-order chi connectivity index (χ0) is 21.4. The Hall–Kier alpha value is -3.17. The molecule has 2 aliphatic rings. The molecule has 0 saturated carbocycles. The van der Waals surface area contributed by atoms with E-state index in [0.717, 1.165) is 61.4 Å². The summed E-state index contributed by atoms with van der Waals surface area (Å²) in [5.74, 6) is -0.391. The van der Waals surface area contributed by atoms with Crippen molar-refractivity contribution in [2.75, 3.05) is 37.6 Å². The average molecular weight is 435 g/mol. The average Bonchev–Trinajstić information content (AvgIpc) is 3.36. The van der Waals surface area contributed by atoms with Crippen LogP contribution >= 0.6 is 11.8 Å². The first-order chi connectivity index (χ1) is 15.1. The second-order valence-corrected chi connectivity index (χ2v) is 8.51. The Morgan fingerprint density at radius 1 is 1.06 bits per heavy atom. The third kappa shape index (κ3) is 3.94. The highest BCUT2D eigenvalue weighted by Crippen LogP contribution is 2.27. The van der Waals surface area contributed by atoms with Crippen molar-refractivity contribution in [1.82, 2.24) is 24.8 Å². The van der Waals surface area contributed by atoms with Crippen molar-refractivity contribution in [2.45, 2.75) is 6.92 Å². The summed E-state index contributed by atoms with van der Waals surface area (Å²) in [7, 11) is 0. The Balaban J connectivity index is 1.41. The number of anilines is 1. The number of piperazine rings is 1. The van der Waals surface area contributed by atoms with Crippen molar-refractivity contribution in [1.29, 1.82) is 0 Å². The molecule has 0 unspecified atom stereocenters. The molecular weight excluding hydrogens is 412 g/mol. The number of aromatic nitrogens is 3. The number of hydrogen-bond acceptors (Lipinski definition) is 7. The van der Waals surface area contributed by atoms with Gasteiger partial charge in [-0.05, 0) is 48.6 Å². The third-order valence-electron chi connectivity index (χ3n) is 5.65. The monoisotopic (exact) mass is 434 g/mol. The number of imidazole rings is 1. The van der Waals surface area contributed by atoms with Gasteiger partial charge in [0.25, 0.3) is 11.1 Å².